The van der Waals surface area contributed by atoms with E-state index in [9.17, 15) is 0 Å². The predicted molar refractivity (Wildman–Crippen MR) is 102 cm³/mol. The lowest BCUT2D eigenvalue weighted by Gasteiger charge is -2.31. The van der Waals surface area contributed by atoms with Crippen LogP contribution in [0.25, 0.3) is 0 Å². The molecule has 0 aromatic carbocycles. The van der Waals surface area contributed by atoms with Crippen molar-refractivity contribution >= 4 is 28.7 Å². The van der Waals surface area contributed by atoms with Gasteiger partial charge < -0.3 is 15.5 Å². The maximum Gasteiger partial charge on any atom is 0.166 e. The number of thiophene rings is 1. The van der Waals surface area contributed by atoms with E-state index in [1.165, 1.54) is 62.9 Å². The van der Waals surface area contributed by atoms with Crippen LogP contribution in [0, 0.1) is 0 Å². The fraction of sp³-hybridized carbons (Fsp3) is 0.722. The van der Waals surface area contributed by atoms with E-state index in [1.54, 1.807) is 4.90 Å². The fourth-order valence-corrected chi connectivity index (χ4v) is 5.51. The summed E-state index contributed by atoms with van der Waals surface area (Å²) in [5.41, 5.74) is 0. The van der Waals surface area contributed by atoms with Gasteiger partial charge in [-0.15, -0.1) is 11.3 Å². The standard InChI is InChI=1S/C18H29N3S2/c1-14(19-18(22)20-15-8-3-2-4-9-15)17(16-10-7-13-23-16)21-11-5-6-12-21/h7,10,13-15,17H,2-6,8-9,11-12H2,1H3,(H2,19,20,22)/p+1/t14-,17-/m1/s1. The van der Waals surface area contributed by atoms with Gasteiger partial charge in [-0.25, -0.2) is 0 Å². The number of rotatable bonds is 5. The van der Waals surface area contributed by atoms with Crippen LogP contribution < -0.4 is 15.5 Å². The molecule has 128 valence electrons. The summed E-state index contributed by atoms with van der Waals surface area (Å²) in [5, 5.41) is 10.2. The zero-order chi connectivity index (χ0) is 16.1. The average molecular weight is 353 g/mol. The Hall–Kier alpha value is -0.650. The first-order chi connectivity index (χ1) is 11.2. The van der Waals surface area contributed by atoms with Gasteiger partial charge in [0.05, 0.1) is 24.0 Å². The first-order valence-electron chi connectivity index (χ1n) is 9.19. The Kier molecular flexibility index (Phi) is 6.31. The number of nitrogens with one attached hydrogen (secondary N) is 3. The predicted octanol–water partition coefficient (Wildman–Crippen LogP) is 2.65. The monoisotopic (exact) mass is 352 g/mol. The minimum Gasteiger partial charge on any atom is -0.360 e. The van der Waals surface area contributed by atoms with Crippen molar-refractivity contribution in [2.24, 2.45) is 0 Å². The van der Waals surface area contributed by atoms with E-state index in [4.69, 9.17) is 12.2 Å². The van der Waals surface area contributed by atoms with E-state index in [1.807, 2.05) is 11.3 Å². The summed E-state index contributed by atoms with van der Waals surface area (Å²) in [6, 6.07) is 5.92. The molecule has 1 aliphatic heterocycles. The molecule has 0 radical (unpaired) electrons. The van der Waals surface area contributed by atoms with Crippen molar-refractivity contribution in [2.75, 3.05) is 13.1 Å². The molecule has 1 saturated carbocycles. The number of quaternary nitrogens is 1. The lowest BCUT2D eigenvalue weighted by molar-refractivity contribution is -0.920. The molecular formula is C18H30N3S2+. The highest BCUT2D eigenvalue weighted by Crippen LogP contribution is 2.21. The molecule has 3 nitrogen and oxygen atoms in total. The Labute approximate surface area is 149 Å². The van der Waals surface area contributed by atoms with Gasteiger partial charge in [0.2, 0.25) is 0 Å². The zero-order valence-corrected chi connectivity index (χ0v) is 15.8. The second kappa shape index (κ2) is 8.45. The number of thiocarbonyl (C=S) groups is 1. The van der Waals surface area contributed by atoms with E-state index in [0.29, 0.717) is 18.1 Å². The van der Waals surface area contributed by atoms with Gasteiger partial charge in [-0.05, 0) is 43.4 Å². The van der Waals surface area contributed by atoms with Gasteiger partial charge in [-0.1, -0.05) is 25.3 Å². The summed E-state index contributed by atoms with van der Waals surface area (Å²) < 4.78 is 0. The van der Waals surface area contributed by atoms with Crippen LogP contribution in [0.4, 0.5) is 0 Å². The Morgan fingerprint density at radius 1 is 1.22 bits per heavy atom. The van der Waals surface area contributed by atoms with Crippen molar-refractivity contribution in [1.82, 2.24) is 10.6 Å². The lowest BCUT2D eigenvalue weighted by atomic mass is 9.96. The minimum absolute atomic E-state index is 0.366. The van der Waals surface area contributed by atoms with E-state index >= 15 is 0 Å². The third-order valence-electron chi connectivity index (χ3n) is 5.33. The van der Waals surface area contributed by atoms with Crippen molar-refractivity contribution in [3.8, 4) is 0 Å². The number of likely N-dealkylation sites (tertiary alicyclic amines) is 1. The van der Waals surface area contributed by atoms with E-state index < -0.39 is 0 Å². The zero-order valence-electron chi connectivity index (χ0n) is 14.1. The summed E-state index contributed by atoms with van der Waals surface area (Å²) in [6.07, 6.45) is 9.30. The van der Waals surface area contributed by atoms with Crippen LogP contribution in [0.1, 0.15) is 62.8 Å². The molecule has 1 aromatic heterocycles. The molecule has 2 fully saturated rings. The molecule has 0 bridgehead atoms. The highest BCUT2D eigenvalue weighted by molar-refractivity contribution is 7.80. The van der Waals surface area contributed by atoms with Crippen LogP contribution in [-0.4, -0.2) is 30.3 Å². The summed E-state index contributed by atoms with van der Waals surface area (Å²) in [4.78, 5) is 3.20. The first kappa shape index (κ1) is 17.2. The quantitative estimate of drug-likeness (QED) is 0.712. The van der Waals surface area contributed by atoms with Crippen LogP contribution in [-0.2, 0) is 0 Å². The largest absolute Gasteiger partial charge is 0.360 e. The Balaban J connectivity index is 1.59. The van der Waals surface area contributed by atoms with Crippen LogP contribution >= 0.6 is 23.6 Å². The van der Waals surface area contributed by atoms with Crippen LogP contribution in [0.3, 0.4) is 0 Å². The highest BCUT2D eigenvalue weighted by atomic mass is 32.1. The molecule has 1 aromatic rings. The maximum atomic E-state index is 5.61. The molecule has 23 heavy (non-hydrogen) atoms. The molecule has 2 heterocycles. The van der Waals surface area contributed by atoms with Crippen molar-refractivity contribution in [2.45, 2.75) is 70.0 Å². The van der Waals surface area contributed by atoms with Crippen LogP contribution in [0.2, 0.25) is 0 Å². The van der Waals surface area contributed by atoms with Gasteiger partial charge in [0.1, 0.15) is 6.04 Å². The molecule has 0 unspecified atom stereocenters. The number of hydrogen-bond acceptors (Lipinski definition) is 2. The second-order valence-corrected chi connectivity index (χ2v) is 8.49. The van der Waals surface area contributed by atoms with Gasteiger partial charge in [0, 0.05) is 18.9 Å². The van der Waals surface area contributed by atoms with Crippen molar-refractivity contribution in [1.29, 1.82) is 0 Å². The third-order valence-corrected chi connectivity index (χ3v) is 6.53. The first-order valence-corrected chi connectivity index (χ1v) is 10.5. The summed E-state index contributed by atoms with van der Waals surface area (Å²) in [5.74, 6) is 0. The van der Waals surface area contributed by atoms with E-state index in [-0.39, 0.29) is 0 Å². The molecular weight excluding hydrogens is 322 g/mol. The van der Waals surface area contributed by atoms with Crippen LogP contribution in [0.5, 0.6) is 0 Å². The molecule has 2 aliphatic rings. The van der Waals surface area contributed by atoms with Crippen LogP contribution in [0.15, 0.2) is 17.5 Å². The smallest absolute Gasteiger partial charge is 0.166 e. The Morgan fingerprint density at radius 3 is 2.61 bits per heavy atom. The van der Waals surface area contributed by atoms with Crippen molar-refractivity contribution < 1.29 is 4.90 Å². The summed E-state index contributed by atoms with van der Waals surface area (Å²) >= 11 is 7.49. The normalized spacial score (nSPS) is 22.7. The number of hydrogen-bond donors (Lipinski definition) is 3. The molecule has 3 N–H and O–H groups in total. The van der Waals surface area contributed by atoms with Crippen molar-refractivity contribution in [3.63, 3.8) is 0 Å². The van der Waals surface area contributed by atoms with E-state index in [0.717, 1.165) is 5.11 Å². The molecule has 0 spiro atoms. The minimum atomic E-state index is 0.366. The third kappa shape index (κ3) is 4.68. The van der Waals surface area contributed by atoms with Gasteiger partial charge in [-0.3, -0.25) is 0 Å². The van der Waals surface area contributed by atoms with E-state index in [2.05, 4.69) is 35.1 Å². The summed E-state index contributed by atoms with van der Waals surface area (Å²) in [7, 11) is 0. The lowest BCUT2D eigenvalue weighted by Crippen LogP contribution is -3.11. The molecule has 0 amide bonds. The fourth-order valence-electron chi connectivity index (χ4n) is 4.17. The molecule has 3 rings (SSSR count). The topological polar surface area (TPSA) is 28.5 Å². The van der Waals surface area contributed by atoms with Gasteiger partial charge in [0.15, 0.2) is 5.11 Å². The molecule has 2 atom stereocenters. The Morgan fingerprint density at radius 2 is 1.96 bits per heavy atom. The highest BCUT2D eigenvalue weighted by Gasteiger charge is 2.33. The van der Waals surface area contributed by atoms with Gasteiger partial charge in [-0.2, -0.15) is 0 Å². The maximum absolute atomic E-state index is 5.61. The Bertz CT molecular complexity index is 476. The average Bonchev–Trinajstić information content (AvgIpc) is 3.22. The summed E-state index contributed by atoms with van der Waals surface area (Å²) in [6.45, 7) is 4.87. The van der Waals surface area contributed by atoms with Crippen molar-refractivity contribution in [3.05, 3.63) is 22.4 Å². The molecule has 5 heteroatoms. The van der Waals surface area contributed by atoms with Gasteiger partial charge in [0.25, 0.3) is 0 Å². The van der Waals surface area contributed by atoms with Gasteiger partial charge >= 0.3 is 0 Å². The molecule has 1 aliphatic carbocycles. The second-order valence-electron chi connectivity index (χ2n) is 7.10. The molecule has 1 saturated heterocycles. The SMILES string of the molecule is C[C@@H](NC(=S)NC1CCCCC1)[C@H](c1cccs1)[NH+]1CCCC1.